The van der Waals surface area contributed by atoms with Crippen molar-refractivity contribution in [3.63, 3.8) is 0 Å². The van der Waals surface area contributed by atoms with Crippen LogP contribution in [0.15, 0.2) is 104 Å². The van der Waals surface area contributed by atoms with Crippen LogP contribution >= 0.6 is 0 Å². The van der Waals surface area contributed by atoms with Crippen LogP contribution in [0.4, 0.5) is 0 Å². The SMILES string of the molecule is C=C.CCC.Cc1cc(-c2ccccc2)cc(C2CCCCC2)c1-n1cc[n+](C)c1-c1ccc2c(c1)C1=C(CCC=C1)C2. The largest absolute Gasteiger partial charge is 0.293 e. The summed E-state index contributed by atoms with van der Waals surface area (Å²) in [6.45, 7) is 12.6. The van der Waals surface area contributed by atoms with Crippen molar-refractivity contribution in [1.29, 1.82) is 0 Å². The van der Waals surface area contributed by atoms with Crippen molar-refractivity contribution in [3.8, 4) is 28.2 Å². The van der Waals surface area contributed by atoms with Gasteiger partial charge in [-0.2, -0.15) is 4.57 Å². The lowest BCUT2D eigenvalue weighted by Crippen LogP contribution is -2.29. The second-order valence-electron chi connectivity index (χ2n) is 12.2. The topological polar surface area (TPSA) is 8.81 Å². The molecule has 0 atom stereocenters. The molecule has 0 unspecified atom stereocenters. The van der Waals surface area contributed by atoms with Gasteiger partial charge in [-0.1, -0.05) is 93.7 Å². The van der Waals surface area contributed by atoms with Gasteiger partial charge in [0.05, 0.1) is 12.6 Å². The normalized spacial score (nSPS) is 15.6. The Morgan fingerprint density at radius 2 is 1.63 bits per heavy atom. The minimum absolute atomic E-state index is 0.613. The van der Waals surface area contributed by atoms with Crippen LogP contribution in [0.3, 0.4) is 0 Å². The average molecular weight is 570 g/mol. The highest BCUT2D eigenvalue weighted by Gasteiger charge is 2.29. The van der Waals surface area contributed by atoms with E-state index in [4.69, 9.17) is 0 Å². The molecule has 7 rings (SSSR count). The molecule has 0 saturated heterocycles. The van der Waals surface area contributed by atoms with Crippen molar-refractivity contribution in [2.75, 3.05) is 0 Å². The molecule has 1 fully saturated rings. The standard InChI is InChI=1S/C36H37N2.C3H8.C2H4/c1-25-21-31(26-11-5-3-6-12-26)24-34(27-13-7-4-8-14-27)35(25)38-20-19-37(2)36(38)30-18-17-29-22-28-15-9-10-16-32(28)33(29)23-30;1-3-2;1-2/h3,5-6,10-12,16-21,23-24,27H,4,7-9,13-15,22H2,1-2H3;3H2,1-2H3;1-2H2/q+1;;. The van der Waals surface area contributed by atoms with E-state index in [0.29, 0.717) is 5.92 Å². The highest BCUT2D eigenvalue weighted by atomic mass is 15.1. The quantitative estimate of drug-likeness (QED) is 0.171. The predicted octanol–water partition coefficient (Wildman–Crippen LogP) is 10.9. The summed E-state index contributed by atoms with van der Waals surface area (Å²) < 4.78 is 4.79. The summed E-state index contributed by atoms with van der Waals surface area (Å²) in [5, 5.41) is 0. The fraction of sp³-hybridized carbons (Fsp3) is 0.341. The summed E-state index contributed by atoms with van der Waals surface area (Å²) in [6, 6.07) is 23.0. The van der Waals surface area contributed by atoms with E-state index in [1.54, 1.807) is 5.57 Å². The van der Waals surface area contributed by atoms with Gasteiger partial charge in [0.15, 0.2) is 0 Å². The molecule has 1 aromatic heterocycles. The summed E-state index contributed by atoms with van der Waals surface area (Å²) in [4.78, 5) is 0. The van der Waals surface area contributed by atoms with Crippen molar-refractivity contribution in [1.82, 2.24) is 4.57 Å². The maximum atomic E-state index is 3.00. The molecular weight excluding hydrogens is 520 g/mol. The number of benzene rings is 3. The molecule has 0 aliphatic heterocycles. The molecule has 0 radical (unpaired) electrons. The number of allylic oxidation sites excluding steroid dienone is 4. The number of fused-ring (bicyclic) bond motifs is 2. The van der Waals surface area contributed by atoms with Gasteiger partial charge in [0, 0.05) is 5.56 Å². The van der Waals surface area contributed by atoms with Crippen molar-refractivity contribution < 1.29 is 4.57 Å². The van der Waals surface area contributed by atoms with E-state index in [2.05, 4.69) is 135 Å². The van der Waals surface area contributed by atoms with Gasteiger partial charge in [-0.3, -0.25) is 0 Å². The Hall–Kier alpha value is -3.91. The fourth-order valence-electron chi connectivity index (χ4n) is 7.18. The third-order valence-electron chi connectivity index (χ3n) is 9.06. The molecule has 1 saturated carbocycles. The zero-order valence-corrected chi connectivity index (χ0v) is 26.8. The van der Waals surface area contributed by atoms with E-state index < -0.39 is 0 Å². The zero-order chi connectivity index (χ0) is 30.3. The van der Waals surface area contributed by atoms with Gasteiger partial charge in [0.1, 0.15) is 18.1 Å². The summed E-state index contributed by atoms with van der Waals surface area (Å²) in [5.41, 5.74) is 14.2. The van der Waals surface area contributed by atoms with Crippen LogP contribution in [0.25, 0.3) is 33.8 Å². The fourth-order valence-corrected chi connectivity index (χ4v) is 7.18. The van der Waals surface area contributed by atoms with Gasteiger partial charge >= 0.3 is 0 Å². The number of aromatic nitrogens is 2. The molecule has 0 N–H and O–H groups in total. The van der Waals surface area contributed by atoms with Crippen LogP contribution in [0.1, 0.15) is 93.4 Å². The minimum Gasteiger partial charge on any atom is -0.232 e. The lowest BCUT2D eigenvalue weighted by Gasteiger charge is -2.25. The molecule has 1 heterocycles. The number of hydrogen-bond acceptors (Lipinski definition) is 0. The summed E-state index contributed by atoms with van der Waals surface area (Å²) in [6.07, 6.45) is 20.6. The monoisotopic (exact) mass is 569 g/mol. The first-order valence-electron chi connectivity index (χ1n) is 16.4. The van der Waals surface area contributed by atoms with E-state index in [1.807, 2.05) is 0 Å². The molecule has 4 aromatic rings. The first-order chi connectivity index (χ1) is 21.1. The smallest absolute Gasteiger partial charge is 0.232 e. The summed E-state index contributed by atoms with van der Waals surface area (Å²) >= 11 is 0. The molecule has 3 aromatic carbocycles. The molecule has 43 heavy (non-hydrogen) atoms. The van der Waals surface area contributed by atoms with Crippen LogP contribution in [-0.4, -0.2) is 4.57 Å². The maximum Gasteiger partial charge on any atom is 0.293 e. The van der Waals surface area contributed by atoms with Crippen LogP contribution in [-0.2, 0) is 13.5 Å². The second kappa shape index (κ2) is 14.0. The number of nitrogens with zero attached hydrogens (tertiary/aromatic N) is 2. The van der Waals surface area contributed by atoms with Gasteiger partial charge in [0.2, 0.25) is 0 Å². The van der Waals surface area contributed by atoms with Gasteiger partial charge in [-0.15, -0.1) is 13.2 Å². The second-order valence-corrected chi connectivity index (χ2v) is 12.2. The van der Waals surface area contributed by atoms with E-state index in [0.717, 1.165) is 6.42 Å². The van der Waals surface area contributed by atoms with E-state index in [9.17, 15) is 0 Å². The number of imidazole rings is 1. The average Bonchev–Trinajstić information content (AvgIpc) is 3.62. The van der Waals surface area contributed by atoms with Gasteiger partial charge in [0.25, 0.3) is 5.82 Å². The van der Waals surface area contributed by atoms with Crippen LogP contribution in [0, 0.1) is 6.92 Å². The molecule has 2 nitrogen and oxygen atoms in total. The Balaban J connectivity index is 0.000000695. The third-order valence-corrected chi connectivity index (χ3v) is 9.06. The number of rotatable bonds is 4. The van der Waals surface area contributed by atoms with Crippen molar-refractivity contribution in [2.24, 2.45) is 7.05 Å². The minimum atomic E-state index is 0.613. The lowest BCUT2D eigenvalue weighted by molar-refractivity contribution is -0.659. The number of hydrogen-bond donors (Lipinski definition) is 0. The van der Waals surface area contributed by atoms with Crippen LogP contribution in [0.2, 0.25) is 0 Å². The highest BCUT2D eigenvalue weighted by molar-refractivity contribution is 5.85. The predicted molar refractivity (Wildman–Crippen MR) is 185 cm³/mol. The molecule has 2 heteroatoms. The Morgan fingerprint density at radius 3 is 2.37 bits per heavy atom. The maximum absolute atomic E-state index is 3.00. The Labute approximate surface area is 260 Å². The third kappa shape index (κ3) is 6.25. The molecule has 0 bridgehead atoms. The van der Waals surface area contributed by atoms with E-state index >= 15 is 0 Å². The van der Waals surface area contributed by atoms with Crippen LogP contribution < -0.4 is 4.57 Å². The van der Waals surface area contributed by atoms with Gasteiger partial charge in [-0.25, -0.2) is 4.57 Å². The molecular formula is C41H49N2+. The lowest BCUT2D eigenvalue weighted by atomic mass is 9.81. The molecule has 222 valence electrons. The van der Waals surface area contributed by atoms with Crippen LogP contribution in [0.5, 0.6) is 0 Å². The first-order valence-corrected chi connectivity index (χ1v) is 16.4. The molecule has 3 aliphatic rings. The van der Waals surface area contributed by atoms with E-state index in [-0.39, 0.29) is 0 Å². The molecule has 3 aliphatic carbocycles. The Morgan fingerprint density at radius 1 is 0.884 bits per heavy atom. The van der Waals surface area contributed by atoms with Gasteiger partial charge < -0.3 is 0 Å². The summed E-state index contributed by atoms with van der Waals surface area (Å²) in [7, 11) is 2.19. The Kier molecular flexibility index (Phi) is 9.97. The molecule has 0 spiro atoms. The Bertz CT molecular complexity index is 1610. The van der Waals surface area contributed by atoms with Gasteiger partial charge in [-0.05, 0) is 103 Å². The van der Waals surface area contributed by atoms with Crippen molar-refractivity contribution in [2.45, 2.75) is 84.5 Å². The first kappa shape index (κ1) is 30.5. The van der Waals surface area contributed by atoms with Crippen molar-refractivity contribution in [3.05, 3.63) is 126 Å². The van der Waals surface area contributed by atoms with Crippen molar-refractivity contribution >= 4 is 5.57 Å². The summed E-state index contributed by atoms with van der Waals surface area (Å²) in [5.74, 6) is 1.87. The highest BCUT2D eigenvalue weighted by Crippen LogP contribution is 2.42. The van der Waals surface area contributed by atoms with E-state index in [1.165, 1.54) is 107 Å². The number of aryl methyl sites for hydroxylation is 2. The zero-order valence-electron chi connectivity index (χ0n) is 26.8. The molecule has 0 amide bonds.